The number of anilines is 3. The number of halogens is 2. The topological polar surface area (TPSA) is 85.3 Å². The predicted molar refractivity (Wildman–Crippen MR) is 155 cm³/mol. The van der Waals surface area contributed by atoms with Crippen molar-refractivity contribution >= 4 is 28.0 Å². The zero-order valence-corrected chi connectivity index (χ0v) is 22.9. The molecular weight excluding hydrogens is 526 g/mol. The third-order valence-electron chi connectivity index (χ3n) is 7.13. The molecule has 1 fully saturated rings. The summed E-state index contributed by atoms with van der Waals surface area (Å²) in [4.78, 5) is 20.5. The molecule has 0 unspecified atom stereocenters. The number of hydrogen-bond acceptors (Lipinski definition) is 8. The molecule has 0 atom stereocenters. The molecule has 0 aliphatic carbocycles. The number of ether oxygens (including phenoxy) is 2. The zero-order valence-electron chi connectivity index (χ0n) is 22.9. The van der Waals surface area contributed by atoms with Gasteiger partial charge in [0.25, 0.3) is 0 Å². The van der Waals surface area contributed by atoms with Gasteiger partial charge in [0.05, 0.1) is 71.6 Å². The van der Waals surface area contributed by atoms with Gasteiger partial charge < -0.3 is 19.7 Å². The van der Waals surface area contributed by atoms with Crippen molar-refractivity contribution in [2.75, 3.05) is 43.6 Å². The molecule has 8 nitrogen and oxygen atoms in total. The quantitative estimate of drug-likeness (QED) is 0.264. The molecule has 0 amide bonds. The first kappa shape index (κ1) is 26.5. The highest BCUT2D eigenvalue weighted by atomic mass is 19.1. The first-order valence-corrected chi connectivity index (χ1v) is 13.2. The van der Waals surface area contributed by atoms with E-state index in [0.717, 1.165) is 36.0 Å². The normalized spacial score (nSPS) is 13.4. The van der Waals surface area contributed by atoms with Crippen molar-refractivity contribution in [2.45, 2.75) is 13.8 Å². The smallest absolute Gasteiger partial charge is 0.212 e. The summed E-state index contributed by atoms with van der Waals surface area (Å²) in [6, 6.07) is 11.5. The maximum Gasteiger partial charge on any atom is 0.212 e. The lowest BCUT2D eigenvalue weighted by atomic mass is 10.0. The number of aromatic nitrogens is 4. The molecule has 5 heterocycles. The van der Waals surface area contributed by atoms with Gasteiger partial charge in [-0.15, -0.1) is 0 Å². The van der Waals surface area contributed by atoms with Gasteiger partial charge in [0.15, 0.2) is 0 Å². The van der Waals surface area contributed by atoms with Crippen molar-refractivity contribution < 1.29 is 18.3 Å². The Morgan fingerprint density at radius 3 is 2.49 bits per heavy atom. The van der Waals surface area contributed by atoms with Crippen LogP contribution in [-0.4, -0.2) is 53.3 Å². The van der Waals surface area contributed by atoms with Crippen LogP contribution < -0.4 is 15.0 Å². The fourth-order valence-electron chi connectivity index (χ4n) is 5.03. The molecule has 6 rings (SSSR count). The zero-order chi connectivity index (χ0) is 28.5. The number of aryl methyl sites for hydroxylation is 1. The first-order chi connectivity index (χ1) is 19.9. The van der Waals surface area contributed by atoms with Gasteiger partial charge in [0, 0.05) is 54.8 Å². The Hall–Kier alpha value is -4.70. The van der Waals surface area contributed by atoms with Crippen LogP contribution in [-0.2, 0) is 4.74 Å². The highest BCUT2D eigenvalue weighted by Crippen LogP contribution is 2.39. The SMILES string of the molecule is COc1ccc(-c2ncc(N3CCOCC3)cc2Nc2c(C)c(-c3cc(C)ccn3)nc3cc(F)cc(F)c23)cn1. The second kappa shape index (κ2) is 11.1. The first-order valence-electron chi connectivity index (χ1n) is 13.2. The third kappa shape index (κ3) is 5.26. The van der Waals surface area contributed by atoms with Gasteiger partial charge in [-0.1, -0.05) is 0 Å². The minimum absolute atomic E-state index is 0.177. The highest BCUT2D eigenvalue weighted by molar-refractivity contribution is 5.99. The van der Waals surface area contributed by atoms with Crippen LogP contribution in [0.3, 0.4) is 0 Å². The van der Waals surface area contributed by atoms with Crippen molar-refractivity contribution in [1.82, 2.24) is 19.9 Å². The fraction of sp³-hybridized carbons (Fsp3) is 0.226. The molecule has 1 aliphatic rings. The van der Waals surface area contributed by atoms with Crippen LogP contribution in [0.4, 0.5) is 25.8 Å². The molecule has 0 spiro atoms. The number of morpholine rings is 1. The molecule has 1 N–H and O–H groups in total. The van der Waals surface area contributed by atoms with Crippen molar-refractivity contribution in [3.05, 3.63) is 83.8 Å². The molecule has 10 heteroatoms. The molecule has 4 aromatic heterocycles. The molecule has 0 bridgehead atoms. The third-order valence-corrected chi connectivity index (χ3v) is 7.13. The molecular formula is C31H28F2N6O2. The fourth-order valence-corrected chi connectivity index (χ4v) is 5.03. The number of rotatable bonds is 6. The van der Waals surface area contributed by atoms with E-state index in [4.69, 9.17) is 14.5 Å². The minimum Gasteiger partial charge on any atom is -0.481 e. The summed E-state index contributed by atoms with van der Waals surface area (Å²) in [5, 5.41) is 3.64. The second-order valence-electron chi connectivity index (χ2n) is 9.86. The van der Waals surface area contributed by atoms with Gasteiger partial charge in [-0.2, -0.15) is 0 Å². The van der Waals surface area contributed by atoms with E-state index in [1.165, 1.54) is 6.07 Å². The van der Waals surface area contributed by atoms with Crippen LogP contribution in [0.5, 0.6) is 5.88 Å². The van der Waals surface area contributed by atoms with E-state index in [1.807, 2.05) is 44.3 Å². The lowest BCUT2D eigenvalue weighted by Crippen LogP contribution is -2.36. The Balaban J connectivity index is 1.56. The monoisotopic (exact) mass is 554 g/mol. The van der Waals surface area contributed by atoms with Gasteiger partial charge >= 0.3 is 0 Å². The van der Waals surface area contributed by atoms with Crippen molar-refractivity contribution in [1.29, 1.82) is 0 Å². The van der Waals surface area contributed by atoms with E-state index in [9.17, 15) is 4.39 Å². The van der Waals surface area contributed by atoms with Crippen molar-refractivity contribution in [3.8, 4) is 28.5 Å². The molecule has 0 saturated carbocycles. The van der Waals surface area contributed by atoms with Crippen LogP contribution in [0, 0.1) is 25.5 Å². The summed E-state index contributed by atoms with van der Waals surface area (Å²) in [5.74, 6) is -0.947. The Morgan fingerprint density at radius 2 is 1.76 bits per heavy atom. The van der Waals surface area contributed by atoms with E-state index in [1.54, 1.807) is 25.6 Å². The van der Waals surface area contributed by atoms with Crippen LogP contribution >= 0.6 is 0 Å². The standard InChI is InChI=1S/C31H28F2N6O2/c1-18-6-7-34-25(12-18)29-19(2)30(28-23(33)13-21(32)14-24(28)37-29)38-26-15-22(39-8-10-41-11-9-39)17-36-31(26)20-4-5-27(40-3)35-16-20/h4-7,12-17H,8-11H2,1-3H3,(H,37,38). The maximum atomic E-state index is 15.5. The average Bonchev–Trinajstić information content (AvgIpc) is 2.98. The van der Waals surface area contributed by atoms with E-state index in [0.29, 0.717) is 53.1 Å². The lowest BCUT2D eigenvalue weighted by Gasteiger charge is -2.29. The van der Waals surface area contributed by atoms with Crippen LogP contribution in [0.1, 0.15) is 11.1 Å². The molecule has 0 radical (unpaired) electrons. The Morgan fingerprint density at radius 1 is 0.927 bits per heavy atom. The van der Waals surface area contributed by atoms with Gasteiger partial charge in [-0.05, 0) is 43.7 Å². The number of methoxy groups -OCH3 is 1. The molecule has 41 heavy (non-hydrogen) atoms. The van der Waals surface area contributed by atoms with Gasteiger partial charge in [0.1, 0.15) is 11.6 Å². The van der Waals surface area contributed by atoms with Crippen LogP contribution in [0.2, 0.25) is 0 Å². The van der Waals surface area contributed by atoms with Crippen molar-refractivity contribution in [3.63, 3.8) is 0 Å². The molecule has 1 aromatic carbocycles. The Labute approximate surface area is 236 Å². The lowest BCUT2D eigenvalue weighted by molar-refractivity contribution is 0.122. The van der Waals surface area contributed by atoms with E-state index in [-0.39, 0.29) is 10.9 Å². The predicted octanol–water partition coefficient (Wildman–Crippen LogP) is 6.24. The number of nitrogens with one attached hydrogen (secondary N) is 1. The second-order valence-corrected chi connectivity index (χ2v) is 9.86. The van der Waals surface area contributed by atoms with Gasteiger partial charge in [-0.25, -0.2) is 18.7 Å². The largest absolute Gasteiger partial charge is 0.481 e. The van der Waals surface area contributed by atoms with Crippen LogP contribution in [0.15, 0.2) is 61.1 Å². The average molecular weight is 555 g/mol. The number of hydrogen-bond donors (Lipinski definition) is 1. The van der Waals surface area contributed by atoms with Crippen LogP contribution in [0.25, 0.3) is 33.5 Å². The van der Waals surface area contributed by atoms with Crippen molar-refractivity contribution in [2.24, 2.45) is 0 Å². The number of fused-ring (bicyclic) bond motifs is 1. The van der Waals surface area contributed by atoms with E-state index < -0.39 is 11.6 Å². The summed E-state index contributed by atoms with van der Waals surface area (Å²) in [6.07, 6.45) is 5.18. The minimum atomic E-state index is -0.716. The maximum absolute atomic E-state index is 15.5. The molecule has 5 aromatic rings. The summed E-state index contributed by atoms with van der Waals surface area (Å²) >= 11 is 0. The molecule has 1 saturated heterocycles. The number of benzene rings is 1. The Bertz CT molecular complexity index is 1740. The summed E-state index contributed by atoms with van der Waals surface area (Å²) in [7, 11) is 1.56. The molecule has 1 aliphatic heterocycles. The summed E-state index contributed by atoms with van der Waals surface area (Å²) < 4.78 is 40.6. The summed E-state index contributed by atoms with van der Waals surface area (Å²) in [6.45, 7) is 6.48. The number of pyridine rings is 4. The van der Waals surface area contributed by atoms with Gasteiger partial charge in [0.2, 0.25) is 5.88 Å². The summed E-state index contributed by atoms with van der Waals surface area (Å²) in [5.41, 5.74) is 6.30. The number of nitrogens with zero attached hydrogens (tertiary/aromatic N) is 5. The van der Waals surface area contributed by atoms with Gasteiger partial charge in [-0.3, -0.25) is 9.97 Å². The van der Waals surface area contributed by atoms with E-state index in [2.05, 4.69) is 25.2 Å². The highest BCUT2D eigenvalue weighted by Gasteiger charge is 2.21. The molecule has 208 valence electrons. The van der Waals surface area contributed by atoms with E-state index >= 15 is 4.39 Å². The Kier molecular flexibility index (Phi) is 7.15.